The molecule has 0 aliphatic heterocycles. The zero-order valence-electron chi connectivity index (χ0n) is 15.2. The van der Waals surface area contributed by atoms with Gasteiger partial charge in [-0.25, -0.2) is 0 Å². The Labute approximate surface area is 150 Å². The number of hydrogen-bond acceptors (Lipinski definition) is 3. The number of methoxy groups -OCH3 is 2. The molecule has 0 saturated carbocycles. The van der Waals surface area contributed by atoms with E-state index < -0.39 is 0 Å². The van der Waals surface area contributed by atoms with Crippen LogP contribution in [0.25, 0.3) is 0 Å². The Morgan fingerprint density at radius 3 is 2.20 bits per heavy atom. The summed E-state index contributed by atoms with van der Waals surface area (Å²) >= 11 is 0. The van der Waals surface area contributed by atoms with E-state index in [0.717, 1.165) is 29.9 Å². The molecule has 1 atom stereocenters. The summed E-state index contributed by atoms with van der Waals surface area (Å²) in [4.78, 5) is 12.2. The SMILES string of the molecule is COc1cccc(OC)c1CCC(=O)N[C@H](C)CCc1ccccc1. The van der Waals surface area contributed by atoms with Gasteiger partial charge in [-0.15, -0.1) is 0 Å². The second kappa shape index (κ2) is 9.72. The molecule has 1 N–H and O–H groups in total. The fourth-order valence-corrected chi connectivity index (χ4v) is 2.86. The number of carbonyl (C=O) groups is 1. The number of amides is 1. The third-order valence-corrected chi connectivity index (χ3v) is 4.25. The molecule has 134 valence electrons. The highest BCUT2D eigenvalue weighted by Gasteiger charge is 2.13. The summed E-state index contributed by atoms with van der Waals surface area (Å²) in [5.41, 5.74) is 2.22. The molecule has 2 aromatic rings. The van der Waals surface area contributed by atoms with Crippen molar-refractivity contribution in [1.82, 2.24) is 5.32 Å². The van der Waals surface area contributed by atoms with Crippen molar-refractivity contribution in [3.63, 3.8) is 0 Å². The molecule has 4 heteroatoms. The Balaban J connectivity index is 1.82. The molecule has 0 saturated heterocycles. The number of aryl methyl sites for hydroxylation is 1. The van der Waals surface area contributed by atoms with Crippen molar-refractivity contribution in [3.8, 4) is 11.5 Å². The first kappa shape index (κ1) is 18.8. The van der Waals surface area contributed by atoms with E-state index >= 15 is 0 Å². The predicted octanol–water partition coefficient (Wildman–Crippen LogP) is 3.77. The largest absolute Gasteiger partial charge is 0.496 e. The van der Waals surface area contributed by atoms with Gasteiger partial charge >= 0.3 is 0 Å². The average molecular weight is 341 g/mol. The summed E-state index contributed by atoms with van der Waals surface area (Å²) in [5.74, 6) is 1.56. The Morgan fingerprint density at radius 1 is 0.960 bits per heavy atom. The first-order valence-electron chi connectivity index (χ1n) is 8.67. The van der Waals surface area contributed by atoms with Gasteiger partial charge in [-0.2, -0.15) is 0 Å². The molecule has 25 heavy (non-hydrogen) atoms. The van der Waals surface area contributed by atoms with Crippen LogP contribution < -0.4 is 14.8 Å². The summed E-state index contributed by atoms with van der Waals surface area (Å²) in [6.45, 7) is 2.05. The lowest BCUT2D eigenvalue weighted by atomic mass is 10.0. The lowest BCUT2D eigenvalue weighted by molar-refractivity contribution is -0.121. The van der Waals surface area contributed by atoms with Crippen LogP contribution in [-0.4, -0.2) is 26.2 Å². The first-order chi connectivity index (χ1) is 12.1. The Morgan fingerprint density at radius 2 is 1.60 bits per heavy atom. The van der Waals surface area contributed by atoms with Gasteiger partial charge in [0, 0.05) is 18.0 Å². The number of nitrogens with one attached hydrogen (secondary N) is 1. The molecule has 0 radical (unpaired) electrons. The summed E-state index contributed by atoms with van der Waals surface area (Å²) in [5, 5.41) is 3.07. The van der Waals surface area contributed by atoms with Gasteiger partial charge in [0.15, 0.2) is 0 Å². The quantitative estimate of drug-likeness (QED) is 0.755. The fourth-order valence-electron chi connectivity index (χ4n) is 2.86. The van der Waals surface area contributed by atoms with Crippen LogP contribution in [0, 0.1) is 0 Å². The zero-order chi connectivity index (χ0) is 18.1. The Kier molecular flexibility index (Phi) is 7.33. The number of hydrogen-bond donors (Lipinski definition) is 1. The predicted molar refractivity (Wildman–Crippen MR) is 100 cm³/mol. The van der Waals surface area contributed by atoms with E-state index in [4.69, 9.17) is 9.47 Å². The summed E-state index contributed by atoms with van der Waals surface area (Å²) in [6, 6.07) is 16.1. The van der Waals surface area contributed by atoms with Crippen LogP contribution in [0.3, 0.4) is 0 Å². The molecule has 1 amide bonds. The minimum absolute atomic E-state index is 0.0496. The third kappa shape index (κ3) is 5.82. The zero-order valence-corrected chi connectivity index (χ0v) is 15.2. The van der Waals surface area contributed by atoms with Crippen molar-refractivity contribution in [2.24, 2.45) is 0 Å². The molecule has 2 rings (SSSR count). The van der Waals surface area contributed by atoms with Gasteiger partial charge in [0.2, 0.25) is 5.91 Å². The van der Waals surface area contributed by atoms with E-state index in [1.807, 2.05) is 43.3 Å². The van der Waals surface area contributed by atoms with Crippen LogP contribution in [0.5, 0.6) is 11.5 Å². The molecule has 2 aromatic carbocycles. The topological polar surface area (TPSA) is 47.6 Å². The molecule has 0 unspecified atom stereocenters. The van der Waals surface area contributed by atoms with Gasteiger partial charge in [0.1, 0.15) is 11.5 Å². The van der Waals surface area contributed by atoms with Crippen molar-refractivity contribution in [3.05, 3.63) is 59.7 Å². The van der Waals surface area contributed by atoms with E-state index in [0.29, 0.717) is 12.8 Å². The fraction of sp³-hybridized carbons (Fsp3) is 0.381. The van der Waals surface area contributed by atoms with Crippen LogP contribution in [-0.2, 0) is 17.6 Å². The van der Waals surface area contributed by atoms with Gasteiger partial charge in [-0.05, 0) is 43.9 Å². The van der Waals surface area contributed by atoms with Crippen LogP contribution in [0.1, 0.15) is 30.9 Å². The summed E-state index contributed by atoms with van der Waals surface area (Å²) in [6.07, 6.45) is 2.88. The second-order valence-electron chi connectivity index (χ2n) is 6.13. The lowest BCUT2D eigenvalue weighted by Gasteiger charge is -2.15. The van der Waals surface area contributed by atoms with Gasteiger partial charge in [0.25, 0.3) is 0 Å². The number of ether oxygens (including phenoxy) is 2. The number of benzene rings is 2. The van der Waals surface area contributed by atoms with Crippen LogP contribution in [0.2, 0.25) is 0 Å². The van der Waals surface area contributed by atoms with E-state index in [2.05, 4.69) is 17.4 Å². The van der Waals surface area contributed by atoms with E-state index in [-0.39, 0.29) is 11.9 Å². The first-order valence-corrected chi connectivity index (χ1v) is 8.67. The summed E-state index contributed by atoms with van der Waals surface area (Å²) < 4.78 is 10.8. The molecular formula is C21H27NO3. The van der Waals surface area contributed by atoms with Gasteiger partial charge in [-0.3, -0.25) is 4.79 Å². The molecule has 0 aliphatic rings. The third-order valence-electron chi connectivity index (χ3n) is 4.25. The maximum absolute atomic E-state index is 12.2. The van der Waals surface area contributed by atoms with E-state index in [1.54, 1.807) is 14.2 Å². The Hall–Kier alpha value is -2.49. The average Bonchev–Trinajstić information content (AvgIpc) is 2.65. The molecule has 4 nitrogen and oxygen atoms in total. The molecule has 0 heterocycles. The minimum Gasteiger partial charge on any atom is -0.496 e. The lowest BCUT2D eigenvalue weighted by Crippen LogP contribution is -2.33. The van der Waals surface area contributed by atoms with Crippen LogP contribution in [0.15, 0.2) is 48.5 Å². The van der Waals surface area contributed by atoms with Gasteiger partial charge in [0.05, 0.1) is 14.2 Å². The maximum Gasteiger partial charge on any atom is 0.220 e. The van der Waals surface area contributed by atoms with Crippen LogP contribution >= 0.6 is 0 Å². The highest BCUT2D eigenvalue weighted by molar-refractivity contribution is 5.76. The molecule has 0 aromatic heterocycles. The smallest absolute Gasteiger partial charge is 0.220 e. The molecule has 0 spiro atoms. The maximum atomic E-state index is 12.2. The van der Waals surface area contributed by atoms with Crippen molar-refractivity contribution in [2.75, 3.05) is 14.2 Å². The Bertz CT molecular complexity index is 648. The van der Waals surface area contributed by atoms with E-state index in [9.17, 15) is 4.79 Å². The standard InChI is InChI=1S/C21H27NO3/c1-16(12-13-17-8-5-4-6-9-17)22-21(23)15-14-18-19(24-2)10-7-11-20(18)25-3/h4-11,16H,12-15H2,1-3H3,(H,22,23)/t16-/m1/s1. The van der Waals surface area contributed by atoms with Gasteiger partial charge in [-0.1, -0.05) is 36.4 Å². The van der Waals surface area contributed by atoms with Crippen molar-refractivity contribution in [2.45, 2.75) is 38.6 Å². The molecule has 0 bridgehead atoms. The second-order valence-corrected chi connectivity index (χ2v) is 6.13. The highest BCUT2D eigenvalue weighted by atomic mass is 16.5. The van der Waals surface area contributed by atoms with Crippen molar-refractivity contribution < 1.29 is 14.3 Å². The monoisotopic (exact) mass is 341 g/mol. The van der Waals surface area contributed by atoms with Crippen LogP contribution in [0.4, 0.5) is 0 Å². The number of carbonyl (C=O) groups excluding carboxylic acids is 1. The molecule has 0 aliphatic carbocycles. The summed E-state index contributed by atoms with van der Waals surface area (Å²) in [7, 11) is 3.26. The van der Waals surface area contributed by atoms with Crippen molar-refractivity contribution in [1.29, 1.82) is 0 Å². The highest BCUT2D eigenvalue weighted by Crippen LogP contribution is 2.29. The number of rotatable bonds is 9. The minimum atomic E-state index is 0.0496. The normalized spacial score (nSPS) is 11.6. The van der Waals surface area contributed by atoms with Gasteiger partial charge < -0.3 is 14.8 Å². The molecule has 0 fully saturated rings. The van der Waals surface area contributed by atoms with E-state index in [1.165, 1.54) is 5.56 Å². The van der Waals surface area contributed by atoms with Crippen molar-refractivity contribution >= 4 is 5.91 Å². The molecular weight excluding hydrogens is 314 g/mol.